The molecular formula is C44H78O. The first-order valence-corrected chi connectivity index (χ1v) is 20.6. The molecule has 0 N–H and O–H groups in total. The Morgan fingerprint density at radius 3 is 1.31 bits per heavy atom. The molecule has 260 valence electrons. The van der Waals surface area contributed by atoms with Crippen molar-refractivity contribution in [3.63, 3.8) is 0 Å². The molecule has 2 fully saturated rings. The lowest BCUT2D eigenvalue weighted by molar-refractivity contribution is -0.0647. The average molecular weight is 623 g/mol. The van der Waals surface area contributed by atoms with Crippen LogP contribution >= 0.6 is 0 Å². The quantitative estimate of drug-likeness (QED) is 0.0572. The number of rotatable bonds is 30. The van der Waals surface area contributed by atoms with Gasteiger partial charge in [-0.15, -0.1) is 0 Å². The van der Waals surface area contributed by atoms with Crippen molar-refractivity contribution in [2.24, 2.45) is 5.92 Å². The van der Waals surface area contributed by atoms with Crippen LogP contribution in [0.5, 0.6) is 0 Å². The fourth-order valence-electron chi connectivity index (χ4n) is 7.73. The molecule has 1 aliphatic carbocycles. The first-order chi connectivity index (χ1) is 22.3. The Balaban J connectivity index is 1.50. The summed E-state index contributed by atoms with van der Waals surface area (Å²) >= 11 is 0. The molecule has 1 heteroatoms. The number of hydrogen-bond acceptors (Lipinski definition) is 1. The molecule has 1 nitrogen and oxygen atoms in total. The van der Waals surface area contributed by atoms with Crippen molar-refractivity contribution in [3.8, 4) is 0 Å². The van der Waals surface area contributed by atoms with E-state index in [4.69, 9.17) is 4.74 Å². The first-order valence-electron chi connectivity index (χ1n) is 20.6. The molecule has 0 amide bonds. The van der Waals surface area contributed by atoms with Crippen molar-refractivity contribution < 1.29 is 4.74 Å². The fourth-order valence-corrected chi connectivity index (χ4v) is 7.73. The zero-order valence-electron chi connectivity index (χ0n) is 30.6. The summed E-state index contributed by atoms with van der Waals surface area (Å²) in [5.41, 5.74) is 0.226. The summed E-state index contributed by atoms with van der Waals surface area (Å²) < 4.78 is 6.98. The summed E-state index contributed by atoms with van der Waals surface area (Å²) in [5, 5.41) is 0. The maximum absolute atomic E-state index is 6.98. The van der Waals surface area contributed by atoms with Crippen LogP contribution in [0, 0.1) is 5.92 Å². The van der Waals surface area contributed by atoms with Gasteiger partial charge in [0, 0.05) is 0 Å². The number of unbranched alkanes of at least 4 members (excludes halogenated alkanes) is 18. The standard InChI is InChI=1S/C44H78O/c1-3-5-7-9-11-13-15-17-19-21-23-25-27-29-31-35-39-44(41-42-37-33-34-38-43(42)45-44)40-36-32-30-28-26-24-22-20-18-16-14-12-10-8-6-4-2/h11-14,17-20,42-43H,3-10,15-16,21-41H2,1-2H3/b13-11-,14-12-,19-17-,20-18-/t42-,43-/m0/s1. The molecule has 0 aromatic rings. The molecule has 45 heavy (non-hydrogen) atoms. The van der Waals surface area contributed by atoms with Gasteiger partial charge in [-0.05, 0) is 102 Å². The maximum atomic E-state index is 6.98. The molecule has 1 heterocycles. The van der Waals surface area contributed by atoms with Crippen LogP contribution in [0.4, 0.5) is 0 Å². The van der Waals surface area contributed by atoms with E-state index in [1.807, 2.05) is 0 Å². The SMILES string of the molecule is CCCCC/C=C\C/C=C\CCCCCCCCC1(CCCCCCCC/C=C\C/C=C\CCCCC)C[C@@H]2CCCC[C@@H]2O1. The lowest BCUT2D eigenvalue weighted by Gasteiger charge is -2.30. The highest BCUT2D eigenvalue weighted by atomic mass is 16.5. The lowest BCUT2D eigenvalue weighted by Crippen LogP contribution is -2.29. The van der Waals surface area contributed by atoms with Crippen LogP contribution in [-0.2, 0) is 4.74 Å². The van der Waals surface area contributed by atoms with E-state index < -0.39 is 0 Å². The van der Waals surface area contributed by atoms with Crippen LogP contribution in [-0.4, -0.2) is 11.7 Å². The molecule has 2 aliphatic rings. The van der Waals surface area contributed by atoms with Crippen LogP contribution < -0.4 is 0 Å². The summed E-state index contributed by atoms with van der Waals surface area (Å²) in [7, 11) is 0. The highest BCUT2D eigenvalue weighted by Gasteiger charge is 2.45. The molecule has 0 unspecified atom stereocenters. The molecule has 0 radical (unpaired) electrons. The van der Waals surface area contributed by atoms with E-state index in [0.29, 0.717) is 6.10 Å². The van der Waals surface area contributed by atoms with Crippen molar-refractivity contribution in [1.29, 1.82) is 0 Å². The second-order valence-corrected chi connectivity index (χ2v) is 14.8. The summed E-state index contributed by atoms with van der Waals surface area (Å²) in [6.07, 6.45) is 61.3. The van der Waals surface area contributed by atoms with Gasteiger partial charge in [-0.1, -0.05) is 165 Å². The summed E-state index contributed by atoms with van der Waals surface area (Å²) in [4.78, 5) is 0. The van der Waals surface area contributed by atoms with Crippen LogP contribution in [0.25, 0.3) is 0 Å². The van der Waals surface area contributed by atoms with E-state index >= 15 is 0 Å². The van der Waals surface area contributed by atoms with Gasteiger partial charge in [0.25, 0.3) is 0 Å². The molecule has 2 atom stereocenters. The Hall–Kier alpha value is -1.08. The Labute approximate surface area is 283 Å². The van der Waals surface area contributed by atoms with Gasteiger partial charge in [0.05, 0.1) is 11.7 Å². The van der Waals surface area contributed by atoms with Crippen LogP contribution in [0.1, 0.15) is 213 Å². The highest BCUT2D eigenvalue weighted by Crippen LogP contribution is 2.47. The fraction of sp³-hybridized carbons (Fsp3) is 0.818. The van der Waals surface area contributed by atoms with Crippen LogP contribution in [0.3, 0.4) is 0 Å². The first kappa shape index (κ1) is 40.1. The smallest absolute Gasteiger partial charge is 0.0690 e. The normalized spacial score (nSPS) is 20.0. The zero-order valence-corrected chi connectivity index (χ0v) is 30.6. The van der Waals surface area contributed by atoms with Gasteiger partial charge in [0.1, 0.15) is 0 Å². The number of allylic oxidation sites excluding steroid dienone is 8. The molecular weight excluding hydrogens is 544 g/mol. The average Bonchev–Trinajstić information content (AvgIpc) is 3.43. The zero-order chi connectivity index (χ0) is 31.9. The monoisotopic (exact) mass is 623 g/mol. The van der Waals surface area contributed by atoms with Crippen molar-refractivity contribution in [1.82, 2.24) is 0 Å². The van der Waals surface area contributed by atoms with E-state index in [1.54, 1.807) is 0 Å². The Morgan fingerprint density at radius 1 is 0.467 bits per heavy atom. The van der Waals surface area contributed by atoms with Crippen LogP contribution in [0.15, 0.2) is 48.6 Å². The van der Waals surface area contributed by atoms with Crippen molar-refractivity contribution in [3.05, 3.63) is 48.6 Å². The van der Waals surface area contributed by atoms with Crippen molar-refractivity contribution in [2.45, 2.75) is 225 Å². The summed E-state index contributed by atoms with van der Waals surface area (Å²) in [6.45, 7) is 4.55. The van der Waals surface area contributed by atoms with E-state index in [1.165, 1.54) is 186 Å². The molecule has 1 saturated heterocycles. The van der Waals surface area contributed by atoms with Gasteiger partial charge >= 0.3 is 0 Å². The number of ether oxygens (including phenoxy) is 1. The van der Waals surface area contributed by atoms with Crippen molar-refractivity contribution >= 4 is 0 Å². The minimum absolute atomic E-state index is 0.226. The maximum Gasteiger partial charge on any atom is 0.0690 e. The van der Waals surface area contributed by atoms with Gasteiger partial charge < -0.3 is 4.74 Å². The van der Waals surface area contributed by atoms with E-state index in [0.717, 1.165) is 18.8 Å². The van der Waals surface area contributed by atoms with E-state index in [-0.39, 0.29) is 5.60 Å². The minimum Gasteiger partial charge on any atom is -0.371 e. The van der Waals surface area contributed by atoms with E-state index in [9.17, 15) is 0 Å². The van der Waals surface area contributed by atoms with Gasteiger partial charge in [0.2, 0.25) is 0 Å². The molecule has 0 bridgehead atoms. The number of hydrogen-bond donors (Lipinski definition) is 0. The van der Waals surface area contributed by atoms with Crippen molar-refractivity contribution in [2.75, 3.05) is 0 Å². The third kappa shape index (κ3) is 21.4. The third-order valence-electron chi connectivity index (χ3n) is 10.5. The summed E-state index contributed by atoms with van der Waals surface area (Å²) in [6, 6.07) is 0. The second kappa shape index (κ2) is 29.1. The predicted molar refractivity (Wildman–Crippen MR) is 202 cm³/mol. The molecule has 2 rings (SSSR count). The third-order valence-corrected chi connectivity index (χ3v) is 10.5. The summed E-state index contributed by atoms with van der Waals surface area (Å²) in [5.74, 6) is 0.868. The molecule has 0 aromatic carbocycles. The van der Waals surface area contributed by atoms with E-state index in [2.05, 4.69) is 62.5 Å². The van der Waals surface area contributed by atoms with Gasteiger partial charge in [-0.3, -0.25) is 0 Å². The van der Waals surface area contributed by atoms with Crippen LogP contribution in [0.2, 0.25) is 0 Å². The molecule has 1 aliphatic heterocycles. The Kier molecular flexibility index (Phi) is 25.9. The van der Waals surface area contributed by atoms with Gasteiger partial charge in [0.15, 0.2) is 0 Å². The minimum atomic E-state index is 0.226. The highest BCUT2D eigenvalue weighted by molar-refractivity contribution is 4.96. The molecule has 0 aromatic heterocycles. The Bertz CT molecular complexity index is 693. The second-order valence-electron chi connectivity index (χ2n) is 14.8. The Morgan fingerprint density at radius 2 is 0.867 bits per heavy atom. The lowest BCUT2D eigenvalue weighted by atomic mass is 9.79. The van der Waals surface area contributed by atoms with Gasteiger partial charge in [-0.2, -0.15) is 0 Å². The van der Waals surface area contributed by atoms with Gasteiger partial charge in [-0.25, -0.2) is 0 Å². The molecule has 0 spiro atoms. The topological polar surface area (TPSA) is 9.23 Å². The largest absolute Gasteiger partial charge is 0.371 e. The number of fused-ring (bicyclic) bond motifs is 1. The predicted octanol–water partition coefficient (Wildman–Crippen LogP) is 15.1. The molecule has 1 saturated carbocycles.